The molecule has 4 heteroatoms. The minimum absolute atomic E-state index is 0.0800. The van der Waals surface area contributed by atoms with Gasteiger partial charge in [0.15, 0.2) is 0 Å². The largest absolute Gasteiger partial charge is 0.341 e. The van der Waals surface area contributed by atoms with Crippen molar-refractivity contribution >= 4 is 5.91 Å². The third-order valence-corrected chi connectivity index (χ3v) is 5.14. The van der Waals surface area contributed by atoms with Crippen LogP contribution in [0.2, 0.25) is 0 Å². The van der Waals surface area contributed by atoms with Gasteiger partial charge in [0, 0.05) is 13.1 Å². The summed E-state index contributed by atoms with van der Waals surface area (Å²) in [5.41, 5.74) is -0.741. The summed E-state index contributed by atoms with van der Waals surface area (Å²) in [4.78, 5) is 17.1. The Bertz CT molecular complexity index is 372. The van der Waals surface area contributed by atoms with E-state index in [0.29, 0.717) is 6.04 Å². The van der Waals surface area contributed by atoms with Crippen LogP contribution in [0.1, 0.15) is 51.4 Å². The van der Waals surface area contributed by atoms with Gasteiger partial charge in [-0.1, -0.05) is 25.7 Å². The van der Waals surface area contributed by atoms with Gasteiger partial charge >= 0.3 is 0 Å². The molecule has 1 aliphatic carbocycles. The first-order chi connectivity index (χ1) is 9.59. The van der Waals surface area contributed by atoms with Crippen molar-refractivity contribution in [1.29, 1.82) is 5.26 Å². The molecule has 1 aliphatic heterocycles. The van der Waals surface area contributed by atoms with Gasteiger partial charge in [0.2, 0.25) is 5.91 Å². The number of rotatable bonds is 2. The van der Waals surface area contributed by atoms with Crippen molar-refractivity contribution in [1.82, 2.24) is 9.80 Å². The Kier molecular flexibility index (Phi) is 5.04. The van der Waals surface area contributed by atoms with Crippen molar-refractivity contribution in [2.45, 2.75) is 57.4 Å². The molecule has 0 aromatic rings. The van der Waals surface area contributed by atoms with Gasteiger partial charge in [0.1, 0.15) is 5.41 Å². The fourth-order valence-corrected chi connectivity index (χ4v) is 3.59. The van der Waals surface area contributed by atoms with Crippen LogP contribution in [-0.2, 0) is 4.79 Å². The molecule has 0 N–H and O–H groups in total. The molecule has 2 fully saturated rings. The van der Waals surface area contributed by atoms with Gasteiger partial charge in [-0.2, -0.15) is 5.26 Å². The molecule has 0 radical (unpaired) electrons. The fourth-order valence-electron chi connectivity index (χ4n) is 3.59. The molecule has 1 heterocycles. The molecule has 0 bridgehead atoms. The summed E-state index contributed by atoms with van der Waals surface area (Å²) >= 11 is 0. The molecule has 2 aliphatic rings. The Labute approximate surface area is 122 Å². The highest BCUT2D eigenvalue weighted by molar-refractivity contribution is 5.85. The molecular weight excluding hydrogens is 250 g/mol. The van der Waals surface area contributed by atoms with E-state index >= 15 is 0 Å². The summed E-state index contributed by atoms with van der Waals surface area (Å²) in [6.45, 7) is 2.09. The standard InChI is InChI=1S/C16H27N3O/c1-18-11-7-14(8-12-18)19(2)15(20)16(13-17)9-5-3-4-6-10-16/h14H,3-12H2,1-2H3. The summed E-state index contributed by atoms with van der Waals surface area (Å²) < 4.78 is 0. The van der Waals surface area contributed by atoms with Crippen molar-refractivity contribution in [2.24, 2.45) is 5.41 Å². The molecule has 0 unspecified atom stereocenters. The van der Waals surface area contributed by atoms with E-state index in [1.807, 2.05) is 11.9 Å². The summed E-state index contributed by atoms with van der Waals surface area (Å²) in [6, 6.07) is 2.70. The van der Waals surface area contributed by atoms with Gasteiger partial charge in [-0.25, -0.2) is 0 Å². The Hall–Kier alpha value is -1.08. The minimum atomic E-state index is -0.741. The van der Waals surface area contributed by atoms with Gasteiger partial charge in [-0.05, 0) is 45.8 Å². The Morgan fingerprint density at radius 3 is 2.25 bits per heavy atom. The van der Waals surface area contributed by atoms with Gasteiger partial charge < -0.3 is 9.80 Å². The van der Waals surface area contributed by atoms with Crippen LogP contribution in [0.15, 0.2) is 0 Å². The van der Waals surface area contributed by atoms with Crippen LogP contribution in [0.3, 0.4) is 0 Å². The topological polar surface area (TPSA) is 47.3 Å². The van der Waals surface area contributed by atoms with E-state index < -0.39 is 5.41 Å². The summed E-state index contributed by atoms with van der Waals surface area (Å²) in [5, 5.41) is 9.62. The lowest BCUT2D eigenvalue weighted by Crippen LogP contribution is -2.49. The van der Waals surface area contributed by atoms with Gasteiger partial charge in [-0.15, -0.1) is 0 Å². The van der Waals surface area contributed by atoms with Crippen molar-refractivity contribution in [2.75, 3.05) is 27.2 Å². The highest BCUT2D eigenvalue weighted by Gasteiger charge is 2.42. The number of likely N-dealkylation sites (tertiary alicyclic amines) is 1. The third-order valence-electron chi connectivity index (χ3n) is 5.14. The maximum Gasteiger partial charge on any atom is 0.243 e. The quantitative estimate of drug-likeness (QED) is 0.728. The van der Waals surface area contributed by atoms with E-state index in [9.17, 15) is 10.1 Å². The van der Waals surface area contributed by atoms with Gasteiger partial charge in [0.05, 0.1) is 6.07 Å². The van der Waals surface area contributed by atoms with Crippen LogP contribution in [0.25, 0.3) is 0 Å². The molecule has 0 atom stereocenters. The number of hydrogen-bond acceptors (Lipinski definition) is 3. The highest BCUT2D eigenvalue weighted by atomic mass is 16.2. The maximum atomic E-state index is 12.9. The van der Waals surface area contributed by atoms with Crippen molar-refractivity contribution in [3.63, 3.8) is 0 Å². The Morgan fingerprint density at radius 1 is 1.20 bits per heavy atom. The van der Waals surface area contributed by atoms with E-state index in [2.05, 4.69) is 18.0 Å². The van der Waals surface area contributed by atoms with Crippen LogP contribution in [0, 0.1) is 16.7 Å². The smallest absolute Gasteiger partial charge is 0.243 e. The van der Waals surface area contributed by atoms with Gasteiger partial charge in [-0.3, -0.25) is 4.79 Å². The monoisotopic (exact) mass is 277 g/mol. The zero-order valence-electron chi connectivity index (χ0n) is 12.9. The molecule has 1 amide bonds. The second-order valence-electron chi connectivity index (χ2n) is 6.56. The van der Waals surface area contributed by atoms with Crippen LogP contribution in [0.4, 0.5) is 0 Å². The Morgan fingerprint density at radius 2 is 1.75 bits per heavy atom. The number of piperidine rings is 1. The zero-order valence-corrected chi connectivity index (χ0v) is 12.9. The molecule has 0 aromatic heterocycles. The lowest BCUT2D eigenvalue weighted by molar-refractivity contribution is -0.141. The number of carbonyl (C=O) groups excluding carboxylic acids is 1. The van der Waals surface area contributed by atoms with E-state index in [-0.39, 0.29) is 5.91 Å². The lowest BCUT2D eigenvalue weighted by atomic mass is 9.80. The van der Waals surface area contributed by atoms with E-state index in [1.165, 1.54) is 0 Å². The number of nitrogens with zero attached hydrogens (tertiary/aromatic N) is 3. The van der Waals surface area contributed by atoms with Crippen LogP contribution in [0.5, 0.6) is 0 Å². The minimum Gasteiger partial charge on any atom is -0.341 e. The van der Waals surface area contributed by atoms with E-state index in [1.54, 1.807) is 0 Å². The average Bonchev–Trinajstić information content (AvgIpc) is 2.73. The lowest BCUT2D eigenvalue weighted by Gasteiger charge is -2.38. The second kappa shape index (κ2) is 6.58. The first-order valence-corrected chi connectivity index (χ1v) is 7.96. The van der Waals surface area contributed by atoms with Crippen molar-refractivity contribution in [3.8, 4) is 6.07 Å². The first-order valence-electron chi connectivity index (χ1n) is 7.96. The molecule has 0 aromatic carbocycles. The number of nitriles is 1. The fraction of sp³-hybridized carbons (Fsp3) is 0.875. The SMILES string of the molecule is CN1CCC(N(C)C(=O)C2(C#N)CCCCCC2)CC1. The van der Waals surface area contributed by atoms with E-state index in [4.69, 9.17) is 0 Å². The van der Waals surface area contributed by atoms with E-state index in [0.717, 1.165) is 64.5 Å². The number of carbonyl (C=O) groups is 1. The summed E-state index contributed by atoms with van der Waals surface area (Å²) in [6.07, 6.45) is 7.91. The average molecular weight is 277 g/mol. The molecular formula is C16H27N3O. The molecule has 4 nitrogen and oxygen atoms in total. The molecule has 1 saturated heterocycles. The zero-order chi connectivity index (χ0) is 14.6. The van der Waals surface area contributed by atoms with Crippen LogP contribution in [-0.4, -0.2) is 48.9 Å². The predicted octanol–water partition coefficient (Wildman–Crippen LogP) is 2.40. The third kappa shape index (κ3) is 3.15. The van der Waals surface area contributed by atoms with Crippen LogP contribution >= 0.6 is 0 Å². The summed E-state index contributed by atoms with van der Waals surface area (Å²) in [5.74, 6) is 0.0800. The molecule has 0 spiro atoms. The molecule has 2 rings (SSSR count). The number of amides is 1. The number of hydrogen-bond donors (Lipinski definition) is 0. The molecule has 112 valence electrons. The molecule has 20 heavy (non-hydrogen) atoms. The second-order valence-corrected chi connectivity index (χ2v) is 6.56. The van der Waals surface area contributed by atoms with Crippen molar-refractivity contribution < 1.29 is 4.79 Å². The first kappa shape index (κ1) is 15.3. The Balaban J connectivity index is 2.05. The predicted molar refractivity (Wildman–Crippen MR) is 79.0 cm³/mol. The van der Waals surface area contributed by atoms with Crippen LogP contribution < -0.4 is 0 Å². The highest BCUT2D eigenvalue weighted by Crippen LogP contribution is 2.37. The molecule has 1 saturated carbocycles. The normalized spacial score (nSPS) is 24.6. The van der Waals surface area contributed by atoms with Crippen molar-refractivity contribution in [3.05, 3.63) is 0 Å². The van der Waals surface area contributed by atoms with Gasteiger partial charge in [0.25, 0.3) is 0 Å². The summed E-state index contributed by atoms with van der Waals surface area (Å²) in [7, 11) is 4.03. The maximum absolute atomic E-state index is 12.9.